The quantitative estimate of drug-likeness (QED) is 0.0312. The first-order valence-corrected chi connectivity index (χ1v) is 25.5. The maximum atomic E-state index is 12.6. The van der Waals surface area contributed by atoms with Gasteiger partial charge in [-0.3, -0.25) is 13.8 Å². The Morgan fingerprint density at radius 2 is 0.804 bits per heavy atom. The third-order valence-electron chi connectivity index (χ3n) is 10.8. The Morgan fingerprint density at radius 1 is 0.482 bits per heavy atom. The molecule has 0 aromatic carbocycles. The highest BCUT2D eigenvalue weighted by atomic mass is 31.2. The molecule has 0 aliphatic heterocycles. The summed E-state index contributed by atoms with van der Waals surface area (Å²) in [5.41, 5.74) is 0. The van der Waals surface area contributed by atoms with E-state index in [2.05, 4.69) is 13.8 Å². The zero-order valence-corrected chi connectivity index (χ0v) is 37.8. The molecule has 3 atom stereocenters. The Labute approximate surface area is 346 Å². The van der Waals surface area contributed by atoms with Gasteiger partial charge in [0.15, 0.2) is 0 Å². The van der Waals surface area contributed by atoms with Gasteiger partial charge in [-0.05, 0) is 12.8 Å². The Bertz CT molecular complexity index is 845. The zero-order chi connectivity index (χ0) is 41.1. The summed E-state index contributed by atoms with van der Waals surface area (Å²) in [6, 6.07) is 0. The first kappa shape index (κ1) is 55.5. The topological polar surface area (TPSA) is 132 Å². The average Bonchev–Trinajstić information content (AvgIpc) is 3.19. The van der Waals surface area contributed by atoms with Crippen LogP contribution in [0.15, 0.2) is 0 Å². The number of unbranched alkanes of at least 4 members (excludes halogenated alkanes) is 33. The van der Waals surface area contributed by atoms with E-state index >= 15 is 0 Å². The van der Waals surface area contributed by atoms with Gasteiger partial charge in [-0.15, -0.1) is 0 Å². The third kappa shape index (κ3) is 43.0. The van der Waals surface area contributed by atoms with Crippen molar-refractivity contribution < 1.29 is 43.0 Å². The summed E-state index contributed by atoms with van der Waals surface area (Å²) >= 11 is 0. The van der Waals surface area contributed by atoms with Gasteiger partial charge in [-0.25, -0.2) is 4.57 Å². The number of phosphoric ester groups is 1. The normalized spacial score (nSPS) is 13.9. The Morgan fingerprint density at radius 3 is 1.16 bits per heavy atom. The van der Waals surface area contributed by atoms with Crippen LogP contribution in [-0.4, -0.2) is 66.3 Å². The second kappa shape index (κ2) is 44.0. The molecule has 0 aromatic heterocycles. The summed E-state index contributed by atoms with van der Waals surface area (Å²) in [4.78, 5) is 22.6. The molecule has 10 heteroatoms. The first-order valence-electron chi connectivity index (χ1n) is 24.0. The maximum absolute atomic E-state index is 12.6. The van der Waals surface area contributed by atoms with E-state index in [-0.39, 0.29) is 25.6 Å². The molecule has 0 radical (unpaired) electrons. The lowest BCUT2D eigenvalue weighted by molar-refractivity contribution is -0.154. The molecular weight excluding hydrogens is 727 g/mol. The number of rotatable bonds is 47. The smallest absolute Gasteiger partial charge is 0.457 e. The fraction of sp³-hybridized carbons (Fsp3) is 0.978. The van der Waals surface area contributed by atoms with E-state index < -0.39 is 33.2 Å². The van der Waals surface area contributed by atoms with Gasteiger partial charge in [-0.1, -0.05) is 226 Å². The Kier molecular flexibility index (Phi) is 43.6. The molecule has 0 rings (SSSR count). The van der Waals surface area contributed by atoms with Crippen LogP contribution < -0.4 is 0 Å². The number of hydrogen-bond acceptors (Lipinski definition) is 8. The first-order chi connectivity index (χ1) is 27.3. The Hall–Kier alpha value is -0.540. The number of aliphatic hydroxyl groups is 2. The van der Waals surface area contributed by atoms with Crippen LogP contribution in [0.5, 0.6) is 0 Å². The lowest BCUT2D eigenvalue weighted by atomic mass is 10.0. The second-order valence-corrected chi connectivity index (χ2v) is 18.0. The fourth-order valence-electron chi connectivity index (χ4n) is 7.12. The van der Waals surface area contributed by atoms with Gasteiger partial charge in [0.05, 0.1) is 26.4 Å². The molecule has 9 nitrogen and oxygen atoms in total. The SMILES string of the molecule is CCCCCCCCCCCCCCCCCCCCCCCOCC(COP(=O)(O)OCC(O)CO)OC(=O)CCCCCCCCCCCCCCCC. The van der Waals surface area contributed by atoms with E-state index in [0.717, 1.165) is 32.1 Å². The highest BCUT2D eigenvalue weighted by Crippen LogP contribution is 2.43. The molecule has 0 saturated carbocycles. The van der Waals surface area contributed by atoms with Gasteiger partial charge in [0.2, 0.25) is 0 Å². The molecule has 0 bridgehead atoms. The molecule has 0 aliphatic rings. The highest BCUT2D eigenvalue weighted by molar-refractivity contribution is 7.47. The molecular formula is C46H93O9P. The van der Waals surface area contributed by atoms with Gasteiger partial charge in [0, 0.05) is 13.0 Å². The minimum Gasteiger partial charge on any atom is -0.457 e. The minimum absolute atomic E-state index is 0.0585. The molecule has 0 heterocycles. The monoisotopic (exact) mass is 821 g/mol. The third-order valence-corrected chi connectivity index (χ3v) is 11.7. The summed E-state index contributed by atoms with van der Waals surface area (Å²) in [7, 11) is -4.51. The van der Waals surface area contributed by atoms with Crippen LogP contribution in [0.2, 0.25) is 0 Å². The van der Waals surface area contributed by atoms with Crippen molar-refractivity contribution in [1.82, 2.24) is 0 Å². The van der Waals surface area contributed by atoms with Crippen LogP contribution in [0.1, 0.15) is 245 Å². The molecule has 3 unspecified atom stereocenters. The molecule has 0 aliphatic carbocycles. The molecule has 0 fully saturated rings. The van der Waals surface area contributed by atoms with Gasteiger partial charge in [0.25, 0.3) is 0 Å². The van der Waals surface area contributed by atoms with Crippen molar-refractivity contribution in [2.75, 3.05) is 33.0 Å². The van der Waals surface area contributed by atoms with Crippen molar-refractivity contribution in [3.05, 3.63) is 0 Å². The molecule has 56 heavy (non-hydrogen) atoms. The summed E-state index contributed by atoms with van der Waals surface area (Å²) in [5, 5.41) is 18.4. The van der Waals surface area contributed by atoms with Crippen molar-refractivity contribution >= 4 is 13.8 Å². The van der Waals surface area contributed by atoms with E-state index in [1.807, 2.05) is 0 Å². The van der Waals surface area contributed by atoms with Gasteiger partial charge >= 0.3 is 13.8 Å². The van der Waals surface area contributed by atoms with Crippen LogP contribution in [0.4, 0.5) is 0 Å². The predicted octanol–water partition coefficient (Wildman–Crippen LogP) is 13.5. The van der Waals surface area contributed by atoms with E-state index in [4.69, 9.17) is 23.6 Å². The number of esters is 1. The molecule has 0 saturated heterocycles. The van der Waals surface area contributed by atoms with E-state index in [9.17, 15) is 19.4 Å². The van der Waals surface area contributed by atoms with Crippen LogP contribution in [0.3, 0.4) is 0 Å². The average molecular weight is 821 g/mol. The summed E-state index contributed by atoms with van der Waals surface area (Å²) < 4.78 is 33.5. The summed E-state index contributed by atoms with van der Waals surface area (Å²) in [6.45, 7) is 3.59. The van der Waals surface area contributed by atoms with E-state index in [1.165, 1.54) is 193 Å². The van der Waals surface area contributed by atoms with Crippen LogP contribution in [-0.2, 0) is 27.9 Å². The van der Waals surface area contributed by atoms with Crippen LogP contribution in [0.25, 0.3) is 0 Å². The van der Waals surface area contributed by atoms with Crippen LogP contribution in [0, 0.1) is 0 Å². The number of aliphatic hydroxyl groups excluding tert-OH is 2. The van der Waals surface area contributed by atoms with Gasteiger partial charge < -0.3 is 24.6 Å². The van der Waals surface area contributed by atoms with E-state index in [1.54, 1.807) is 0 Å². The van der Waals surface area contributed by atoms with Crippen LogP contribution >= 0.6 is 7.82 Å². The number of phosphoric acid groups is 1. The fourth-order valence-corrected chi connectivity index (χ4v) is 7.91. The molecule has 0 spiro atoms. The van der Waals surface area contributed by atoms with Crippen molar-refractivity contribution in [1.29, 1.82) is 0 Å². The maximum Gasteiger partial charge on any atom is 0.472 e. The summed E-state index contributed by atoms with van der Waals surface area (Å²) in [6.07, 6.45) is 43.5. The lowest BCUT2D eigenvalue weighted by Crippen LogP contribution is -2.29. The van der Waals surface area contributed by atoms with Gasteiger partial charge in [-0.2, -0.15) is 0 Å². The molecule has 336 valence electrons. The van der Waals surface area contributed by atoms with Gasteiger partial charge in [0.1, 0.15) is 12.2 Å². The molecule has 3 N–H and O–H groups in total. The Balaban J connectivity index is 4.02. The van der Waals surface area contributed by atoms with E-state index in [0.29, 0.717) is 6.61 Å². The summed E-state index contributed by atoms with van der Waals surface area (Å²) in [5.74, 6) is -0.375. The second-order valence-electron chi connectivity index (χ2n) is 16.5. The van der Waals surface area contributed by atoms with Crippen molar-refractivity contribution in [3.8, 4) is 0 Å². The number of hydrogen-bond donors (Lipinski definition) is 3. The van der Waals surface area contributed by atoms with Crippen molar-refractivity contribution in [3.63, 3.8) is 0 Å². The zero-order valence-electron chi connectivity index (χ0n) is 36.9. The van der Waals surface area contributed by atoms with Crippen molar-refractivity contribution in [2.45, 2.75) is 257 Å². The minimum atomic E-state index is -4.51. The largest absolute Gasteiger partial charge is 0.472 e. The van der Waals surface area contributed by atoms with Crippen molar-refractivity contribution in [2.24, 2.45) is 0 Å². The lowest BCUT2D eigenvalue weighted by Gasteiger charge is -2.20. The number of carbonyl (C=O) groups is 1. The molecule has 0 amide bonds. The highest BCUT2D eigenvalue weighted by Gasteiger charge is 2.26. The number of carbonyl (C=O) groups excluding carboxylic acids is 1. The number of ether oxygens (including phenoxy) is 2. The molecule has 0 aromatic rings. The predicted molar refractivity (Wildman–Crippen MR) is 233 cm³/mol. The standard InChI is InChI=1S/C46H93O9P/c1-3-5-7-9-11-13-15-17-19-20-21-22-23-24-25-27-29-31-33-35-37-39-52-42-45(43-54-56(50,51)53-41-44(48)40-47)55-46(49)38-36-34-32-30-28-26-18-16-14-12-10-8-6-4-2/h44-45,47-48H,3-43H2,1-2H3,(H,50,51).